The molecule has 2 N–H and O–H groups in total. The number of anilines is 1. The smallest absolute Gasteiger partial charge is 0.137 e. The van der Waals surface area contributed by atoms with Gasteiger partial charge in [-0.05, 0) is 24.3 Å². The molecule has 0 aliphatic heterocycles. The van der Waals surface area contributed by atoms with Crippen LogP contribution in [0.15, 0.2) is 48.7 Å². The molecule has 88 valence electrons. The Kier molecular flexibility index (Phi) is 3.81. The van der Waals surface area contributed by atoms with Crippen LogP contribution in [0.25, 0.3) is 0 Å². The maximum atomic E-state index is 5.48. The van der Waals surface area contributed by atoms with Gasteiger partial charge >= 0.3 is 0 Å². The SMILES string of the molecule is Nc1ccc(OCCOc2ccccc2)cn1. The lowest BCUT2D eigenvalue weighted by molar-refractivity contribution is 0.216. The standard InChI is InChI=1S/C13H14N2O2/c14-13-7-6-12(10-15-13)17-9-8-16-11-4-2-1-3-5-11/h1-7,10H,8-9H2,(H2,14,15). The Morgan fingerprint density at radius 3 is 2.24 bits per heavy atom. The highest BCUT2D eigenvalue weighted by Gasteiger charge is 1.95. The van der Waals surface area contributed by atoms with Crippen molar-refractivity contribution < 1.29 is 9.47 Å². The molecule has 2 aromatic rings. The van der Waals surface area contributed by atoms with E-state index in [0.29, 0.717) is 24.8 Å². The van der Waals surface area contributed by atoms with Gasteiger partial charge in [0.1, 0.15) is 30.5 Å². The van der Waals surface area contributed by atoms with Crippen molar-refractivity contribution in [3.63, 3.8) is 0 Å². The lowest BCUT2D eigenvalue weighted by atomic mass is 10.3. The fourth-order valence-electron chi connectivity index (χ4n) is 1.31. The highest BCUT2D eigenvalue weighted by atomic mass is 16.5. The summed E-state index contributed by atoms with van der Waals surface area (Å²) in [7, 11) is 0. The monoisotopic (exact) mass is 230 g/mol. The number of pyridine rings is 1. The predicted octanol–water partition coefficient (Wildman–Crippen LogP) is 2.12. The molecule has 0 unspecified atom stereocenters. The summed E-state index contributed by atoms with van der Waals surface area (Å²) in [5, 5.41) is 0. The highest BCUT2D eigenvalue weighted by Crippen LogP contribution is 2.10. The van der Waals surface area contributed by atoms with Gasteiger partial charge in [0.05, 0.1) is 6.20 Å². The summed E-state index contributed by atoms with van der Waals surface area (Å²) >= 11 is 0. The maximum Gasteiger partial charge on any atom is 0.137 e. The molecular formula is C13H14N2O2. The Labute approximate surface area is 100 Å². The van der Waals surface area contributed by atoms with E-state index in [0.717, 1.165) is 5.75 Å². The number of para-hydroxylation sites is 1. The minimum Gasteiger partial charge on any atom is -0.490 e. The number of rotatable bonds is 5. The molecule has 0 aliphatic carbocycles. The van der Waals surface area contributed by atoms with Gasteiger partial charge in [-0.2, -0.15) is 0 Å². The highest BCUT2D eigenvalue weighted by molar-refractivity contribution is 5.32. The molecule has 4 nitrogen and oxygen atoms in total. The normalized spacial score (nSPS) is 9.88. The van der Waals surface area contributed by atoms with Crippen LogP contribution in [-0.4, -0.2) is 18.2 Å². The van der Waals surface area contributed by atoms with Gasteiger partial charge in [-0.3, -0.25) is 0 Å². The van der Waals surface area contributed by atoms with E-state index in [1.165, 1.54) is 0 Å². The van der Waals surface area contributed by atoms with Crippen molar-refractivity contribution in [1.29, 1.82) is 0 Å². The molecule has 0 radical (unpaired) electrons. The number of hydrogen-bond donors (Lipinski definition) is 1. The van der Waals surface area contributed by atoms with Crippen LogP contribution in [0.2, 0.25) is 0 Å². The van der Waals surface area contributed by atoms with Crippen LogP contribution in [0.1, 0.15) is 0 Å². The van der Waals surface area contributed by atoms with Crippen LogP contribution in [0.3, 0.4) is 0 Å². The van der Waals surface area contributed by atoms with Crippen LogP contribution in [0.5, 0.6) is 11.5 Å². The number of aromatic nitrogens is 1. The minimum absolute atomic E-state index is 0.473. The molecule has 1 aromatic carbocycles. The molecule has 0 amide bonds. The zero-order valence-electron chi connectivity index (χ0n) is 9.37. The third kappa shape index (κ3) is 3.68. The van der Waals surface area contributed by atoms with Gasteiger partial charge in [0.15, 0.2) is 0 Å². The Morgan fingerprint density at radius 1 is 0.882 bits per heavy atom. The second kappa shape index (κ2) is 5.75. The summed E-state index contributed by atoms with van der Waals surface area (Å²) in [5.74, 6) is 2.01. The Morgan fingerprint density at radius 2 is 1.59 bits per heavy atom. The van der Waals surface area contributed by atoms with E-state index in [1.54, 1.807) is 18.3 Å². The molecule has 4 heteroatoms. The first kappa shape index (κ1) is 11.3. The summed E-state index contributed by atoms with van der Waals surface area (Å²) in [5.41, 5.74) is 5.47. The van der Waals surface area contributed by atoms with Gasteiger partial charge < -0.3 is 15.2 Å². The van der Waals surface area contributed by atoms with Crippen LogP contribution < -0.4 is 15.2 Å². The van der Waals surface area contributed by atoms with Gasteiger partial charge in [-0.15, -0.1) is 0 Å². The van der Waals surface area contributed by atoms with E-state index in [9.17, 15) is 0 Å². The van der Waals surface area contributed by atoms with E-state index in [2.05, 4.69) is 4.98 Å². The first-order valence-corrected chi connectivity index (χ1v) is 5.37. The lowest BCUT2D eigenvalue weighted by Crippen LogP contribution is -2.09. The van der Waals surface area contributed by atoms with Gasteiger partial charge in [0.25, 0.3) is 0 Å². The van der Waals surface area contributed by atoms with Crippen LogP contribution in [-0.2, 0) is 0 Å². The minimum atomic E-state index is 0.473. The number of benzene rings is 1. The molecule has 0 aliphatic rings. The number of hydrogen-bond acceptors (Lipinski definition) is 4. The number of nitrogen functional groups attached to an aromatic ring is 1. The molecular weight excluding hydrogens is 216 g/mol. The fourth-order valence-corrected chi connectivity index (χ4v) is 1.31. The summed E-state index contributed by atoms with van der Waals surface area (Å²) < 4.78 is 10.9. The first-order valence-electron chi connectivity index (χ1n) is 5.37. The zero-order chi connectivity index (χ0) is 11.9. The van der Waals surface area contributed by atoms with Crippen molar-refractivity contribution in [2.24, 2.45) is 0 Å². The molecule has 0 saturated carbocycles. The summed E-state index contributed by atoms with van der Waals surface area (Å²) in [6.45, 7) is 0.967. The lowest BCUT2D eigenvalue weighted by Gasteiger charge is -2.07. The molecule has 1 heterocycles. The molecule has 2 rings (SSSR count). The van der Waals surface area contributed by atoms with Crippen LogP contribution in [0.4, 0.5) is 5.82 Å². The molecule has 1 aromatic heterocycles. The molecule has 0 saturated heterocycles. The summed E-state index contributed by atoms with van der Waals surface area (Å²) in [6.07, 6.45) is 1.60. The molecule has 0 bridgehead atoms. The van der Waals surface area contributed by atoms with Gasteiger partial charge in [-0.25, -0.2) is 4.98 Å². The van der Waals surface area contributed by atoms with Crippen molar-refractivity contribution in [3.8, 4) is 11.5 Å². The maximum absolute atomic E-state index is 5.48. The van der Waals surface area contributed by atoms with Crippen molar-refractivity contribution >= 4 is 5.82 Å². The topological polar surface area (TPSA) is 57.4 Å². The molecule has 0 atom stereocenters. The second-order valence-corrected chi connectivity index (χ2v) is 3.43. The van der Waals surface area contributed by atoms with E-state index in [4.69, 9.17) is 15.2 Å². The molecule has 0 fully saturated rings. The molecule has 0 spiro atoms. The fraction of sp³-hybridized carbons (Fsp3) is 0.154. The third-order valence-corrected chi connectivity index (χ3v) is 2.12. The van der Waals surface area contributed by atoms with Crippen LogP contribution >= 0.6 is 0 Å². The predicted molar refractivity (Wildman–Crippen MR) is 66.1 cm³/mol. The quantitative estimate of drug-likeness (QED) is 0.799. The summed E-state index contributed by atoms with van der Waals surface area (Å²) in [4.78, 5) is 3.93. The van der Waals surface area contributed by atoms with E-state index in [-0.39, 0.29) is 0 Å². The van der Waals surface area contributed by atoms with E-state index < -0.39 is 0 Å². The number of nitrogens with zero attached hydrogens (tertiary/aromatic N) is 1. The first-order chi connectivity index (χ1) is 8.34. The average molecular weight is 230 g/mol. The Hall–Kier alpha value is -2.23. The van der Waals surface area contributed by atoms with Crippen molar-refractivity contribution in [3.05, 3.63) is 48.7 Å². The van der Waals surface area contributed by atoms with Gasteiger partial charge in [0.2, 0.25) is 0 Å². The van der Waals surface area contributed by atoms with E-state index >= 15 is 0 Å². The van der Waals surface area contributed by atoms with Crippen molar-refractivity contribution in [2.75, 3.05) is 18.9 Å². The largest absolute Gasteiger partial charge is 0.490 e. The number of nitrogens with two attached hydrogens (primary N) is 1. The van der Waals surface area contributed by atoms with E-state index in [1.807, 2.05) is 30.3 Å². The zero-order valence-corrected chi connectivity index (χ0v) is 9.37. The van der Waals surface area contributed by atoms with Crippen molar-refractivity contribution in [1.82, 2.24) is 4.98 Å². The second-order valence-electron chi connectivity index (χ2n) is 3.43. The summed E-state index contributed by atoms with van der Waals surface area (Å²) in [6, 6.07) is 13.1. The van der Waals surface area contributed by atoms with Gasteiger partial charge in [-0.1, -0.05) is 18.2 Å². The average Bonchev–Trinajstić information content (AvgIpc) is 2.38. The Balaban J connectivity index is 1.71. The van der Waals surface area contributed by atoms with Crippen LogP contribution in [0, 0.1) is 0 Å². The van der Waals surface area contributed by atoms with Gasteiger partial charge in [0, 0.05) is 0 Å². The molecule has 17 heavy (non-hydrogen) atoms. The van der Waals surface area contributed by atoms with Crippen molar-refractivity contribution in [2.45, 2.75) is 0 Å². The number of ether oxygens (including phenoxy) is 2. The third-order valence-electron chi connectivity index (χ3n) is 2.12. The Bertz CT molecular complexity index is 443.